The van der Waals surface area contributed by atoms with E-state index in [1.807, 2.05) is 31.3 Å². The van der Waals surface area contributed by atoms with Crippen LogP contribution in [0.4, 0.5) is 5.82 Å². The highest BCUT2D eigenvalue weighted by Crippen LogP contribution is 2.25. The second kappa shape index (κ2) is 4.88. The predicted molar refractivity (Wildman–Crippen MR) is 76.4 cm³/mol. The molecule has 0 unspecified atom stereocenters. The number of hydrogen-bond acceptors (Lipinski definition) is 3. The van der Waals surface area contributed by atoms with Crippen LogP contribution in [0.5, 0.6) is 0 Å². The number of carbonyl (C=O) groups is 1. The SMILES string of the molecule is CNc1ncc(C(=O)NC2CCC2)c2ccccc12. The Labute approximate surface area is 112 Å². The van der Waals surface area contributed by atoms with Gasteiger partial charge >= 0.3 is 0 Å². The maximum atomic E-state index is 12.3. The predicted octanol–water partition coefficient (Wildman–Crippen LogP) is 2.56. The van der Waals surface area contributed by atoms with Crippen molar-refractivity contribution < 1.29 is 4.79 Å². The van der Waals surface area contributed by atoms with Gasteiger partial charge in [-0.05, 0) is 24.6 Å². The van der Waals surface area contributed by atoms with Crippen molar-refractivity contribution in [3.63, 3.8) is 0 Å². The Morgan fingerprint density at radius 3 is 2.63 bits per heavy atom. The number of rotatable bonds is 3. The molecule has 1 saturated carbocycles. The van der Waals surface area contributed by atoms with Crippen molar-refractivity contribution in [2.45, 2.75) is 25.3 Å². The number of anilines is 1. The highest BCUT2D eigenvalue weighted by Gasteiger charge is 2.21. The van der Waals surface area contributed by atoms with Crippen LogP contribution >= 0.6 is 0 Å². The van der Waals surface area contributed by atoms with E-state index in [4.69, 9.17) is 0 Å². The van der Waals surface area contributed by atoms with Crippen LogP contribution in [0.2, 0.25) is 0 Å². The number of aromatic nitrogens is 1. The molecule has 0 atom stereocenters. The van der Waals surface area contributed by atoms with Crippen molar-refractivity contribution in [3.8, 4) is 0 Å². The van der Waals surface area contributed by atoms with Gasteiger partial charge in [-0.3, -0.25) is 4.79 Å². The molecular weight excluding hydrogens is 238 g/mol. The van der Waals surface area contributed by atoms with E-state index in [0.29, 0.717) is 11.6 Å². The van der Waals surface area contributed by atoms with Gasteiger partial charge in [-0.2, -0.15) is 0 Å². The van der Waals surface area contributed by atoms with E-state index in [1.165, 1.54) is 6.42 Å². The Hall–Kier alpha value is -2.10. The lowest BCUT2D eigenvalue weighted by atomic mass is 9.93. The van der Waals surface area contributed by atoms with Crippen LogP contribution < -0.4 is 10.6 Å². The number of nitrogens with zero attached hydrogens (tertiary/aromatic N) is 1. The van der Waals surface area contributed by atoms with Gasteiger partial charge in [0.05, 0.1) is 5.56 Å². The van der Waals surface area contributed by atoms with E-state index in [-0.39, 0.29) is 5.91 Å². The molecule has 0 aliphatic heterocycles. The summed E-state index contributed by atoms with van der Waals surface area (Å²) in [4.78, 5) is 16.6. The third-order valence-electron chi connectivity index (χ3n) is 3.72. The highest BCUT2D eigenvalue weighted by molar-refractivity contribution is 6.09. The quantitative estimate of drug-likeness (QED) is 0.886. The molecule has 4 nitrogen and oxygen atoms in total. The molecule has 0 saturated heterocycles. The number of pyridine rings is 1. The average molecular weight is 255 g/mol. The molecule has 1 fully saturated rings. The zero-order valence-electron chi connectivity index (χ0n) is 10.9. The zero-order valence-corrected chi connectivity index (χ0v) is 10.9. The minimum atomic E-state index is -0.0175. The molecule has 98 valence electrons. The van der Waals surface area contributed by atoms with Crippen LogP contribution in [0.15, 0.2) is 30.5 Å². The number of fused-ring (bicyclic) bond motifs is 1. The lowest BCUT2D eigenvalue weighted by molar-refractivity contribution is 0.0918. The van der Waals surface area contributed by atoms with Crippen LogP contribution in [0, 0.1) is 0 Å². The van der Waals surface area contributed by atoms with E-state index in [2.05, 4.69) is 15.6 Å². The second-order valence-electron chi connectivity index (χ2n) is 4.92. The van der Waals surface area contributed by atoms with Crippen LogP contribution in [-0.4, -0.2) is 24.0 Å². The minimum Gasteiger partial charge on any atom is -0.373 e. The summed E-state index contributed by atoms with van der Waals surface area (Å²) in [7, 11) is 1.84. The van der Waals surface area contributed by atoms with Crippen molar-refractivity contribution in [2.75, 3.05) is 12.4 Å². The summed E-state index contributed by atoms with van der Waals surface area (Å²) in [6.07, 6.45) is 5.04. The molecule has 2 aromatic rings. The molecule has 1 aliphatic carbocycles. The molecular formula is C15H17N3O. The summed E-state index contributed by atoms with van der Waals surface area (Å²) in [6.45, 7) is 0. The largest absolute Gasteiger partial charge is 0.373 e. The Morgan fingerprint density at radius 2 is 2.00 bits per heavy atom. The van der Waals surface area contributed by atoms with Gasteiger partial charge in [-0.25, -0.2) is 4.98 Å². The number of carbonyl (C=O) groups excluding carboxylic acids is 1. The minimum absolute atomic E-state index is 0.0175. The Morgan fingerprint density at radius 1 is 1.26 bits per heavy atom. The average Bonchev–Trinajstić information content (AvgIpc) is 2.41. The first-order valence-corrected chi connectivity index (χ1v) is 6.66. The van der Waals surface area contributed by atoms with E-state index >= 15 is 0 Å². The molecule has 3 rings (SSSR count). The fourth-order valence-corrected chi connectivity index (χ4v) is 2.39. The topological polar surface area (TPSA) is 54.0 Å². The number of nitrogens with one attached hydrogen (secondary N) is 2. The maximum Gasteiger partial charge on any atom is 0.253 e. The highest BCUT2D eigenvalue weighted by atomic mass is 16.1. The second-order valence-corrected chi connectivity index (χ2v) is 4.92. The van der Waals surface area contributed by atoms with Gasteiger partial charge in [0.1, 0.15) is 5.82 Å². The molecule has 1 aliphatic rings. The first-order chi connectivity index (χ1) is 9.29. The summed E-state index contributed by atoms with van der Waals surface area (Å²) in [5, 5.41) is 8.04. The fraction of sp³-hybridized carbons (Fsp3) is 0.333. The van der Waals surface area contributed by atoms with Crippen molar-refractivity contribution in [1.82, 2.24) is 10.3 Å². The Kier molecular flexibility index (Phi) is 3.07. The van der Waals surface area contributed by atoms with E-state index < -0.39 is 0 Å². The summed E-state index contributed by atoms with van der Waals surface area (Å²) < 4.78 is 0. The molecule has 19 heavy (non-hydrogen) atoms. The summed E-state index contributed by atoms with van der Waals surface area (Å²) in [5.41, 5.74) is 0.654. The third kappa shape index (κ3) is 2.14. The van der Waals surface area contributed by atoms with Crippen molar-refractivity contribution >= 4 is 22.5 Å². The molecule has 0 spiro atoms. The van der Waals surface area contributed by atoms with Gasteiger partial charge < -0.3 is 10.6 Å². The fourth-order valence-electron chi connectivity index (χ4n) is 2.39. The van der Waals surface area contributed by atoms with Crippen molar-refractivity contribution in [1.29, 1.82) is 0 Å². The van der Waals surface area contributed by atoms with Crippen LogP contribution in [0.3, 0.4) is 0 Å². The Bertz CT molecular complexity index is 620. The molecule has 1 aromatic heterocycles. The summed E-state index contributed by atoms with van der Waals surface area (Å²) in [6, 6.07) is 8.19. The molecule has 0 bridgehead atoms. The lowest BCUT2D eigenvalue weighted by Gasteiger charge is -2.26. The Balaban J connectivity index is 2.01. The number of hydrogen-bond donors (Lipinski definition) is 2. The van der Waals surface area contributed by atoms with E-state index in [9.17, 15) is 4.79 Å². The smallest absolute Gasteiger partial charge is 0.253 e. The lowest BCUT2D eigenvalue weighted by Crippen LogP contribution is -2.39. The van der Waals surface area contributed by atoms with Crippen molar-refractivity contribution in [3.05, 3.63) is 36.0 Å². The van der Waals surface area contributed by atoms with Gasteiger partial charge in [0.25, 0.3) is 5.91 Å². The van der Waals surface area contributed by atoms with Gasteiger partial charge in [0.2, 0.25) is 0 Å². The van der Waals surface area contributed by atoms with Crippen molar-refractivity contribution in [2.24, 2.45) is 0 Å². The summed E-state index contributed by atoms with van der Waals surface area (Å²) >= 11 is 0. The molecule has 0 radical (unpaired) electrons. The molecule has 4 heteroatoms. The maximum absolute atomic E-state index is 12.3. The van der Waals surface area contributed by atoms with Gasteiger partial charge in [0, 0.05) is 24.7 Å². The van der Waals surface area contributed by atoms with Gasteiger partial charge in [-0.15, -0.1) is 0 Å². The first-order valence-electron chi connectivity index (χ1n) is 6.66. The zero-order chi connectivity index (χ0) is 13.2. The van der Waals surface area contributed by atoms with Crippen LogP contribution in [0.25, 0.3) is 10.8 Å². The van der Waals surface area contributed by atoms with E-state index in [0.717, 1.165) is 29.4 Å². The monoisotopic (exact) mass is 255 g/mol. The van der Waals surface area contributed by atoms with E-state index in [1.54, 1.807) is 6.20 Å². The number of amides is 1. The van der Waals surface area contributed by atoms with Crippen LogP contribution in [-0.2, 0) is 0 Å². The first kappa shape index (κ1) is 12.0. The molecule has 2 N–H and O–H groups in total. The standard InChI is InChI=1S/C15H17N3O/c1-16-14-12-8-3-2-7-11(12)13(9-17-14)15(19)18-10-5-4-6-10/h2-3,7-10H,4-6H2,1H3,(H,16,17)(H,18,19). The van der Waals surface area contributed by atoms with Crippen LogP contribution in [0.1, 0.15) is 29.6 Å². The number of benzene rings is 1. The molecule has 1 heterocycles. The normalized spacial score (nSPS) is 15.0. The molecule has 1 amide bonds. The summed E-state index contributed by atoms with van der Waals surface area (Å²) in [5.74, 6) is 0.784. The third-order valence-corrected chi connectivity index (χ3v) is 3.72. The van der Waals surface area contributed by atoms with Gasteiger partial charge in [0.15, 0.2) is 0 Å². The molecule has 1 aromatic carbocycles. The van der Waals surface area contributed by atoms with Gasteiger partial charge in [-0.1, -0.05) is 24.3 Å².